The molecule has 0 radical (unpaired) electrons. The van der Waals surface area contributed by atoms with Gasteiger partial charge in [-0.2, -0.15) is 0 Å². The minimum Gasteiger partial charge on any atom is -0.481 e. The number of rotatable bonds is 29. The molecule has 0 saturated carbocycles. The number of hydrogen-bond donors (Lipinski definition) is 24. The fourth-order valence-corrected chi connectivity index (χ4v) is 15.6. The van der Waals surface area contributed by atoms with Gasteiger partial charge in [0.1, 0.15) is 84.6 Å². The summed E-state index contributed by atoms with van der Waals surface area (Å²) < 4.78 is 0. The van der Waals surface area contributed by atoms with E-state index in [-0.39, 0.29) is 147 Å². The number of nitrogens with one attached hydrogen (secondary N) is 12. The van der Waals surface area contributed by atoms with Crippen molar-refractivity contribution in [2.24, 2.45) is 51.0 Å². The molecule has 1 aromatic carbocycles. The number of guanidine groups is 1. The van der Waals surface area contributed by atoms with Crippen LogP contribution in [0, 0.1) is 5.92 Å². The van der Waals surface area contributed by atoms with Crippen molar-refractivity contribution in [2.45, 2.75) is 246 Å². The van der Waals surface area contributed by atoms with Gasteiger partial charge in [0.25, 0.3) is 0 Å². The summed E-state index contributed by atoms with van der Waals surface area (Å²) >= 11 is 0. The van der Waals surface area contributed by atoms with Gasteiger partial charge >= 0.3 is 23.9 Å². The Labute approximate surface area is 710 Å². The molecule has 122 heavy (non-hydrogen) atoms. The van der Waals surface area contributed by atoms with E-state index in [0.29, 0.717) is 12.0 Å². The van der Waals surface area contributed by atoms with E-state index in [0.717, 1.165) is 38.3 Å². The van der Waals surface area contributed by atoms with E-state index in [1.54, 1.807) is 30.3 Å². The monoisotopic (exact) mass is 1760 g/mol. The molecule has 1 aromatic rings. The van der Waals surface area contributed by atoms with Gasteiger partial charge in [-0.05, 0) is 134 Å². The average molecular weight is 1760 g/mol. The van der Waals surface area contributed by atoms with Gasteiger partial charge < -0.3 is 139 Å². The number of aliphatic hydroxyl groups excluding tert-OH is 1. The summed E-state index contributed by atoms with van der Waals surface area (Å²) in [6.07, 6.45) is -6.14. The second-order valence-corrected chi connectivity index (χ2v) is 32.5. The normalized spacial score (nSPS) is 26.2. The fourth-order valence-electron chi connectivity index (χ4n) is 13.3. The highest BCUT2D eigenvalue weighted by atomic mass is 33.1. The average Bonchev–Trinajstić information content (AvgIpc) is 1.62. The third-order valence-electron chi connectivity index (χ3n) is 19.8. The van der Waals surface area contributed by atoms with Crippen LogP contribution >= 0.6 is 21.6 Å². The van der Waals surface area contributed by atoms with Crippen LogP contribution in [0.25, 0.3) is 0 Å². The Morgan fingerprint density at radius 1 is 0.434 bits per heavy atom. The van der Waals surface area contributed by atoms with Crippen LogP contribution in [0.1, 0.15) is 148 Å². The SMILES string of the molecule is CC(C)[C@@H]1NC(=O)[C@@H]2CCCN2C(=O)[C@H](CCCCN)NC(=O)[C@H](CCCN=C(N)N)NC(=O)C([C@@H](C)O)NC(=O)[C@H](CC(N)=O)NC(=O)[C@H](CC(=O)O)NC(=O)[C@@H]2CCCN2C(=O)[C@@H](N)CSSC[C@@H](C(=O)O)NC(=O)[C@H](CC(=O)O)NC(=O)[C@H](CCCCN)NC(=O)[C@H](Cc2ccccc2)NC(=O)[C@H](CCCCN)NC(=O)[C@H](CC(=O)O)NC1=O. The Morgan fingerprint density at radius 3 is 1.25 bits per heavy atom. The van der Waals surface area contributed by atoms with Crippen LogP contribution in [0.3, 0.4) is 0 Å². The van der Waals surface area contributed by atoms with Crippen LogP contribution in [0.15, 0.2) is 35.3 Å². The summed E-state index contributed by atoms with van der Waals surface area (Å²) in [5, 5.41) is 80.2. The lowest BCUT2D eigenvalue weighted by molar-refractivity contribution is -0.144. The van der Waals surface area contributed by atoms with Gasteiger partial charge in [-0.15, -0.1) is 0 Å². The van der Waals surface area contributed by atoms with Gasteiger partial charge in [0.15, 0.2) is 5.96 Å². The Morgan fingerprint density at radius 2 is 0.795 bits per heavy atom. The Bertz CT molecular complexity index is 3850. The highest BCUT2D eigenvalue weighted by Gasteiger charge is 2.44. The van der Waals surface area contributed by atoms with Gasteiger partial charge in [-0.25, -0.2) is 4.79 Å². The van der Waals surface area contributed by atoms with Gasteiger partial charge in [0, 0.05) is 37.6 Å². The maximum absolute atomic E-state index is 15.0. The maximum Gasteiger partial charge on any atom is 0.327 e. The smallest absolute Gasteiger partial charge is 0.327 e. The third kappa shape index (κ3) is 35.2. The molecule has 0 bridgehead atoms. The van der Waals surface area contributed by atoms with Crippen LogP contribution in [0.5, 0.6) is 0 Å². The first kappa shape index (κ1) is 103. The summed E-state index contributed by atoms with van der Waals surface area (Å²) in [7, 11) is 1.58. The van der Waals surface area contributed by atoms with Crippen molar-refractivity contribution >= 4 is 140 Å². The number of carbonyl (C=O) groups excluding carboxylic acids is 15. The first-order valence-corrected chi connectivity index (χ1v) is 42.5. The van der Waals surface area contributed by atoms with Gasteiger partial charge in [-0.1, -0.05) is 65.8 Å². The second kappa shape index (κ2) is 53.0. The number of unbranched alkanes of at least 4 members (excludes halogenated alkanes) is 3. The van der Waals surface area contributed by atoms with Crippen LogP contribution in [-0.4, -0.2) is 301 Å². The minimum absolute atomic E-state index is 0.0204. The van der Waals surface area contributed by atoms with Gasteiger partial charge in [0.2, 0.25) is 88.6 Å². The topological polar surface area (TPSA) is 771 Å². The number of aliphatic carboxylic acids is 4. The molecule has 15 amide bonds. The van der Waals surface area contributed by atoms with Crippen molar-refractivity contribution in [3.63, 3.8) is 0 Å². The predicted octanol–water partition coefficient (Wildman–Crippen LogP) is -8.39. The summed E-state index contributed by atoms with van der Waals surface area (Å²) in [6.45, 7) is 3.95. The number of carboxylic acids is 4. The molecule has 0 spiro atoms. The van der Waals surface area contributed by atoms with Crippen molar-refractivity contribution < 1.29 is 117 Å². The van der Waals surface area contributed by atoms with Crippen molar-refractivity contribution in [3.8, 4) is 0 Å². The van der Waals surface area contributed by atoms with E-state index in [4.69, 9.17) is 40.1 Å². The van der Waals surface area contributed by atoms with Crippen molar-refractivity contribution in [1.82, 2.24) is 73.6 Å². The minimum atomic E-state index is -2.10. The highest BCUT2D eigenvalue weighted by molar-refractivity contribution is 8.76. The molecule has 3 saturated heterocycles. The van der Waals surface area contributed by atoms with Crippen LogP contribution in [0.2, 0.25) is 0 Å². The van der Waals surface area contributed by atoms with Crippen molar-refractivity contribution in [3.05, 3.63) is 35.9 Å². The number of amides is 15. The number of nitrogens with two attached hydrogens (primary N) is 7. The van der Waals surface area contributed by atoms with Crippen LogP contribution < -0.4 is 104 Å². The molecule has 3 heterocycles. The Balaban J connectivity index is 1.86. The zero-order valence-corrected chi connectivity index (χ0v) is 69.8. The summed E-state index contributed by atoms with van der Waals surface area (Å²) in [6, 6.07) is -17.9. The van der Waals surface area contributed by atoms with Crippen molar-refractivity contribution in [1.29, 1.82) is 0 Å². The molecule has 4 rings (SSSR count). The number of benzene rings is 1. The fraction of sp³-hybridized carbons (Fsp3) is 0.649. The summed E-state index contributed by atoms with van der Waals surface area (Å²) in [5.41, 5.74) is 40.8. The summed E-state index contributed by atoms with van der Waals surface area (Å²) in [4.78, 5) is 271. The van der Waals surface area contributed by atoms with E-state index >= 15 is 0 Å². The second-order valence-electron chi connectivity index (χ2n) is 29.9. The zero-order valence-electron chi connectivity index (χ0n) is 68.2. The molecule has 16 atom stereocenters. The Kier molecular flexibility index (Phi) is 44.8. The number of aliphatic imine (C=N–C) groups is 1. The molecule has 3 aliphatic heterocycles. The van der Waals surface area contributed by atoms with E-state index in [9.17, 15) is 117 Å². The van der Waals surface area contributed by atoms with Crippen LogP contribution in [0.4, 0.5) is 0 Å². The molecular formula is C74H118N22O24S2. The number of nitrogens with zero attached hydrogens (tertiary/aromatic N) is 3. The number of carbonyl (C=O) groups is 19. The van der Waals surface area contributed by atoms with E-state index < -0.39 is 247 Å². The molecule has 680 valence electrons. The lowest BCUT2D eigenvalue weighted by Crippen LogP contribution is -2.62. The van der Waals surface area contributed by atoms with E-state index in [1.807, 2.05) is 0 Å². The zero-order chi connectivity index (χ0) is 91.0. The first-order valence-electron chi connectivity index (χ1n) is 40.0. The molecule has 0 aromatic heterocycles. The van der Waals surface area contributed by atoms with Crippen LogP contribution in [-0.2, 0) is 97.5 Å². The molecule has 0 aliphatic carbocycles. The predicted molar refractivity (Wildman–Crippen MR) is 439 cm³/mol. The lowest BCUT2D eigenvalue weighted by Gasteiger charge is -2.32. The number of hydrogen-bond acceptors (Lipinski definition) is 27. The first-order chi connectivity index (χ1) is 57.7. The van der Waals surface area contributed by atoms with E-state index in [1.165, 1.54) is 13.8 Å². The quantitative estimate of drug-likeness (QED) is 0.0153. The van der Waals surface area contributed by atoms with Gasteiger partial charge in [-0.3, -0.25) is 91.3 Å². The molecule has 1 unspecified atom stereocenters. The molecule has 31 N–H and O–H groups in total. The maximum atomic E-state index is 15.0. The number of carboxylic acid groups (broad SMARTS) is 4. The number of aliphatic hydroxyl groups is 1. The molecule has 48 heteroatoms. The lowest BCUT2D eigenvalue weighted by atomic mass is 10.0. The largest absolute Gasteiger partial charge is 0.481 e. The standard InChI is InChI=1S/C74H118N22O24S2/c1-37(2)57-69(115)91-49(34-56(103)104)63(109)84-41(18-7-10-24-75)60(106)87-45(30-39-16-5-4-6-17-39)62(108)83-42(19-8-11-25-76)61(107)89-47(32-54(99)100)65(111)92-50(73(119)120)36-122-121-35-40(78)71(117)95-28-14-22-51(95)67(113)90-48(33-55(101)102)64(110)88-46(31-53(79)98)66(112)94-58(38(3)97)70(116)85-43(21-13-27-82-74(80)81)59(105)86-44(20-9-12-26-77)72(118)96-29-15-23-52(96)68(114)93-57/h4-6,16-17,37-38,40-52,57-58,97H,7-15,18-36,75-78H2,1-3H3,(H2,79,98)(H,83,108)(H,84,109)(H,85,116)(H,86,105)(H,87,106)(H,88,110)(H,89,107)(H,90,113)(H,91,115)(H,92,111)(H,93,114)(H,94,112)(H,99,100)(H,101,102)(H,103,104)(H,119,120)(H4,80,81,82)/t38-,40+,41+,42+,43+,44+,45+,46+,47+,48+,49+,50+,51+,52+,57+,58?/m1/s1. The highest BCUT2D eigenvalue weighted by Crippen LogP contribution is 2.27. The van der Waals surface area contributed by atoms with Crippen molar-refractivity contribution in [2.75, 3.05) is 50.8 Å². The summed E-state index contributed by atoms with van der Waals surface area (Å²) in [5.74, 6) is -25.7. The number of primary amides is 1. The molecule has 3 aliphatic rings. The molecule has 46 nitrogen and oxygen atoms in total. The van der Waals surface area contributed by atoms with E-state index in [2.05, 4.69) is 68.8 Å². The molecular weight excluding hydrogens is 1650 g/mol. The Hall–Kier alpha value is -11.1. The van der Waals surface area contributed by atoms with Gasteiger partial charge in [0.05, 0.1) is 37.8 Å². The third-order valence-corrected chi connectivity index (χ3v) is 22.2. The molecule has 3 fully saturated rings. The number of fused-ring (bicyclic) bond motifs is 2.